The Balaban J connectivity index is 1.76. The van der Waals surface area contributed by atoms with E-state index in [1.54, 1.807) is 29.2 Å². The molecule has 126 valence electrons. The highest BCUT2D eigenvalue weighted by Crippen LogP contribution is 2.13. The monoisotopic (exact) mass is 329 g/mol. The summed E-state index contributed by atoms with van der Waals surface area (Å²) in [6, 6.07) is 8.50. The first-order valence-corrected chi connectivity index (χ1v) is 7.83. The lowest BCUT2D eigenvalue weighted by atomic mass is 10.1. The lowest BCUT2D eigenvalue weighted by Crippen LogP contribution is -2.50. The van der Waals surface area contributed by atoms with Gasteiger partial charge in [0.1, 0.15) is 11.1 Å². The first-order chi connectivity index (χ1) is 11.6. The third kappa shape index (κ3) is 3.30. The van der Waals surface area contributed by atoms with E-state index in [0.29, 0.717) is 24.1 Å². The van der Waals surface area contributed by atoms with Gasteiger partial charge in [-0.3, -0.25) is 9.59 Å². The Morgan fingerprint density at radius 1 is 1.25 bits per heavy atom. The van der Waals surface area contributed by atoms with Crippen LogP contribution in [0.4, 0.5) is 0 Å². The number of rotatable bonds is 3. The van der Waals surface area contributed by atoms with E-state index in [-0.39, 0.29) is 18.0 Å². The van der Waals surface area contributed by atoms with Gasteiger partial charge in [-0.05, 0) is 12.1 Å². The summed E-state index contributed by atoms with van der Waals surface area (Å²) < 4.78 is 5.18. The summed E-state index contributed by atoms with van der Waals surface area (Å²) in [4.78, 5) is 39.8. The minimum absolute atomic E-state index is 0.0644. The Hall–Kier alpha value is -2.67. The van der Waals surface area contributed by atoms with Crippen LogP contribution in [0.1, 0.15) is 10.4 Å². The Morgan fingerprint density at radius 3 is 2.71 bits per heavy atom. The van der Waals surface area contributed by atoms with Crippen LogP contribution >= 0.6 is 0 Å². The second kappa shape index (κ2) is 6.84. The van der Waals surface area contributed by atoms with Crippen LogP contribution in [0.5, 0.6) is 0 Å². The molecule has 1 aliphatic heterocycles. The molecule has 0 spiro atoms. The van der Waals surface area contributed by atoms with Gasteiger partial charge < -0.3 is 19.5 Å². The van der Waals surface area contributed by atoms with Crippen molar-refractivity contribution >= 4 is 22.8 Å². The third-order valence-corrected chi connectivity index (χ3v) is 4.06. The van der Waals surface area contributed by atoms with Crippen molar-refractivity contribution in [2.45, 2.75) is 0 Å². The molecule has 2 aromatic rings. The first-order valence-electron chi connectivity index (χ1n) is 7.83. The number of nitrogens with zero attached hydrogens (tertiary/aromatic N) is 2. The van der Waals surface area contributed by atoms with Gasteiger partial charge in [-0.1, -0.05) is 18.2 Å². The maximum absolute atomic E-state index is 12.5. The van der Waals surface area contributed by atoms with Crippen molar-refractivity contribution in [2.75, 3.05) is 39.8 Å². The molecule has 1 aliphatic rings. The van der Waals surface area contributed by atoms with Crippen LogP contribution < -0.4 is 10.9 Å². The number of benzene rings is 1. The molecular formula is C17H19N3O4. The van der Waals surface area contributed by atoms with Crippen LogP contribution in [0, 0.1) is 0 Å². The number of likely N-dealkylation sites (N-methyl/N-ethyl adjacent to an activating group) is 1. The lowest BCUT2D eigenvalue weighted by Gasteiger charge is -2.29. The van der Waals surface area contributed by atoms with Gasteiger partial charge >= 0.3 is 5.63 Å². The molecule has 0 unspecified atom stereocenters. The quantitative estimate of drug-likeness (QED) is 0.819. The van der Waals surface area contributed by atoms with Gasteiger partial charge in [0, 0.05) is 38.6 Å². The number of hydrogen-bond acceptors (Lipinski definition) is 5. The molecule has 24 heavy (non-hydrogen) atoms. The highest BCUT2D eigenvalue weighted by atomic mass is 16.4. The summed E-state index contributed by atoms with van der Waals surface area (Å²) in [5.41, 5.74) is -0.330. The summed E-state index contributed by atoms with van der Waals surface area (Å²) >= 11 is 0. The smallest absolute Gasteiger partial charge is 0.349 e. The van der Waals surface area contributed by atoms with E-state index in [1.165, 1.54) is 18.0 Å². The number of carbonyl (C=O) groups is 2. The molecule has 7 heteroatoms. The van der Waals surface area contributed by atoms with Gasteiger partial charge in [0.05, 0.1) is 6.54 Å². The number of nitrogens with one attached hydrogen (secondary N) is 1. The molecular weight excluding hydrogens is 310 g/mol. The van der Waals surface area contributed by atoms with Crippen LogP contribution in [-0.2, 0) is 4.79 Å². The second-order valence-corrected chi connectivity index (χ2v) is 5.78. The molecule has 2 heterocycles. The molecule has 1 saturated heterocycles. The first kappa shape index (κ1) is 16.2. The molecule has 0 bridgehead atoms. The van der Waals surface area contributed by atoms with Crippen molar-refractivity contribution in [1.29, 1.82) is 0 Å². The van der Waals surface area contributed by atoms with Crippen molar-refractivity contribution < 1.29 is 14.0 Å². The maximum Gasteiger partial charge on any atom is 0.349 e. The molecule has 1 aromatic heterocycles. The summed E-state index contributed by atoms with van der Waals surface area (Å²) in [5.74, 6) is -0.643. The maximum atomic E-state index is 12.5. The summed E-state index contributed by atoms with van der Waals surface area (Å²) in [5, 5.41) is 3.84. The number of fused-ring (bicyclic) bond motifs is 1. The standard InChI is InChI=1S/C17H19N3O4/c1-19(11-15(21)20-8-6-18-7-9-20)16(22)13-10-12-4-2-3-5-14(12)24-17(13)23/h2-5,10,18H,6-9,11H2,1H3. The van der Waals surface area contributed by atoms with Gasteiger partial charge in [0.15, 0.2) is 0 Å². The molecule has 0 radical (unpaired) electrons. The molecule has 2 amide bonds. The molecule has 0 saturated carbocycles. The Morgan fingerprint density at radius 2 is 1.96 bits per heavy atom. The fourth-order valence-electron chi connectivity index (χ4n) is 2.71. The van der Waals surface area contributed by atoms with Gasteiger partial charge in [-0.2, -0.15) is 0 Å². The fourth-order valence-corrected chi connectivity index (χ4v) is 2.71. The summed E-state index contributed by atoms with van der Waals surface area (Å²) in [7, 11) is 1.51. The second-order valence-electron chi connectivity index (χ2n) is 5.78. The third-order valence-electron chi connectivity index (χ3n) is 4.06. The molecule has 1 N–H and O–H groups in total. The Kier molecular flexibility index (Phi) is 4.61. The molecule has 1 aromatic carbocycles. The average molecular weight is 329 g/mol. The van der Waals surface area contributed by atoms with Crippen LogP contribution in [-0.4, -0.2) is 61.4 Å². The fraction of sp³-hybridized carbons (Fsp3) is 0.353. The van der Waals surface area contributed by atoms with Crippen molar-refractivity contribution in [3.05, 3.63) is 46.3 Å². The minimum Gasteiger partial charge on any atom is -0.422 e. The Labute approximate surface area is 138 Å². The van der Waals surface area contributed by atoms with E-state index in [0.717, 1.165) is 13.1 Å². The van der Waals surface area contributed by atoms with E-state index in [2.05, 4.69) is 5.32 Å². The molecule has 3 rings (SSSR count). The van der Waals surface area contributed by atoms with Gasteiger partial charge in [-0.15, -0.1) is 0 Å². The van der Waals surface area contributed by atoms with E-state index in [4.69, 9.17) is 4.42 Å². The van der Waals surface area contributed by atoms with Crippen LogP contribution in [0.25, 0.3) is 11.0 Å². The summed E-state index contributed by atoms with van der Waals surface area (Å²) in [6.45, 7) is 2.68. The normalized spacial score (nSPS) is 14.6. The van der Waals surface area contributed by atoms with Crippen molar-refractivity contribution in [2.24, 2.45) is 0 Å². The van der Waals surface area contributed by atoms with Crippen molar-refractivity contribution in [3.63, 3.8) is 0 Å². The zero-order chi connectivity index (χ0) is 17.1. The number of carbonyl (C=O) groups excluding carboxylic acids is 2. The van der Waals surface area contributed by atoms with E-state index in [1.807, 2.05) is 0 Å². The van der Waals surface area contributed by atoms with Crippen LogP contribution in [0.3, 0.4) is 0 Å². The predicted octanol–water partition coefficient (Wildman–Crippen LogP) is 0.297. The van der Waals surface area contributed by atoms with Crippen LogP contribution in [0.15, 0.2) is 39.5 Å². The van der Waals surface area contributed by atoms with Gasteiger partial charge in [0.2, 0.25) is 5.91 Å². The van der Waals surface area contributed by atoms with Crippen LogP contribution in [0.2, 0.25) is 0 Å². The number of hydrogen-bond donors (Lipinski definition) is 1. The van der Waals surface area contributed by atoms with Gasteiger partial charge in [-0.25, -0.2) is 4.79 Å². The molecule has 1 fully saturated rings. The number of piperazine rings is 1. The Bertz CT molecular complexity index is 824. The number of amides is 2. The SMILES string of the molecule is CN(CC(=O)N1CCNCC1)C(=O)c1cc2ccccc2oc1=O. The van der Waals surface area contributed by atoms with E-state index < -0.39 is 11.5 Å². The zero-order valence-corrected chi connectivity index (χ0v) is 13.4. The number of para-hydroxylation sites is 1. The van der Waals surface area contributed by atoms with E-state index >= 15 is 0 Å². The lowest BCUT2D eigenvalue weighted by molar-refractivity contribution is -0.132. The van der Waals surface area contributed by atoms with E-state index in [9.17, 15) is 14.4 Å². The van der Waals surface area contributed by atoms with Crippen molar-refractivity contribution in [3.8, 4) is 0 Å². The zero-order valence-electron chi connectivity index (χ0n) is 13.4. The minimum atomic E-state index is -0.694. The van der Waals surface area contributed by atoms with Gasteiger partial charge in [0.25, 0.3) is 5.91 Å². The summed E-state index contributed by atoms with van der Waals surface area (Å²) in [6.07, 6.45) is 0. The van der Waals surface area contributed by atoms with Crippen molar-refractivity contribution in [1.82, 2.24) is 15.1 Å². The molecule has 0 atom stereocenters. The largest absolute Gasteiger partial charge is 0.422 e. The topological polar surface area (TPSA) is 82.9 Å². The highest BCUT2D eigenvalue weighted by Gasteiger charge is 2.23. The molecule has 0 aliphatic carbocycles. The molecule has 7 nitrogen and oxygen atoms in total. The predicted molar refractivity (Wildman–Crippen MR) is 88.9 cm³/mol. The average Bonchev–Trinajstić information content (AvgIpc) is 2.61. The highest BCUT2D eigenvalue weighted by molar-refractivity contribution is 5.98.